The van der Waals surface area contributed by atoms with E-state index in [1.54, 1.807) is 6.07 Å². The molecule has 2 aromatic rings. The number of rotatable bonds is 6. The molecule has 0 aliphatic carbocycles. The quantitative estimate of drug-likeness (QED) is 0.828. The van der Waals surface area contributed by atoms with E-state index in [4.69, 9.17) is 16.0 Å². The summed E-state index contributed by atoms with van der Waals surface area (Å²) < 4.78 is 19.1. The van der Waals surface area contributed by atoms with E-state index in [2.05, 4.69) is 15.5 Å². The first-order valence-electron chi connectivity index (χ1n) is 6.19. The fraction of sp³-hybridized carbons (Fsp3) is 0.385. The minimum atomic E-state index is -0.463. The Morgan fingerprint density at radius 2 is 2.21 bits per heavy atom. The predicted molar refractivity (Wildman–Crippen MR) is 71.6 cm³/mol. The summed E-state index contributed by atoms with van der Waals surface area (Å²) in [5.41, 5.74) is 0.273. The van der Waals surface area contributed by atoms with Crippen molar-refractivity contribution < 1.29 is 8.81 Å². The summed E-state index contributed by atoms with van der Waals surface area (Å²) in [6.07, 6.45) is 1.58. The predicted octanol–water partition coefficient (Wildman–Crippen LogP) is 3.07. The van der Waals surface area contributed by atoms with E-state index in [0.717, 1.165) is 19.5 Å². The Kier molecular flexibility index (Phi) is 4.87. The molecule has 0 aliphatic rings. The van der Waals surface area contributed by atoms with Crippen LogP contribution in [0.2, 0.25) is 5.02 Å². The molecule has 0 unspecified atom stereocenters. The third-order valence-electron chi connectivity index (χ3n) is 2.62. The van der Waals surface area contributed by atoms with Gasteiger partial charge in [0.05, 0.1) is 5.56 Å². The Bertz CT molecular complexity index is 544. The first-order chi connectivity index (χ1) is 9.20. The summed E-state index contributed by atoms with van der Waals surface area (Å²) in [6, 6.07) is 4.36. The number of hydrogen-bond acceptors (Lipinski definition) is 4. The molecule has 2 rings (SSSR count). The lowest BCUT2D eigenvalue weighted by Crippen LogP contribution is -2.14. The van der Waals surface area contributed by atoms with E-state index in [0.29, 0.717) is 17.3 Å². The van der Waals surface area contributed by atoms with Gasteiger partial charge in [-0.15, -0.1) is 10.2 Å². The van der Waals surface area contributed by atoms with Crippen LogP contribution in [0.5, 0.6) is 0 Å². The van der Waals surface area contributed by atoms with Crippen LogP contribution in [0.3, 0.4) is 0 Å². The third-order valence-corrected chi connectivity index (χ3v) is 2.86. The van der Waals surface area contributed by atoms with Crippen LogP contribution in [-0.2, 0) is 6.42 Å². The highest BCUT2D eigenvalue weighted by molar-refractivity contribution is 6.30. The minimum Gasteiger partial charge on any atom is -0.421 e. The second-order valence-corrected chi connectivity index (χ2v) is 4.52. The average Bonchev–Trinajstić information content (AvgIpc) is 2.83. The maximum Gasteiger partial charge on any atom is 0.250 e. The molecule has 1 heterocycles. The van der Waals surface area contributed by atoms with Crippen LogP contribution in [0.1, 0.15) is 19.2 Å². The van der Waals surface area contributed by atoms with Crippen molar-refractivity contribution in [1.29, 1.82) is 0 Å². The minimum absolute atomic E-state index is 0.188. The molecule has 1 N–H and O–H groups in total. The lowest BCUT2D eigenvalue weighted by Gasteiger charge is -1.99. The Morgan fingerprint density at radius 3 is 2.95 bits per heavy atom. The summed E-state index contributed by atoms with van der Waals surface area (Å²) in [7, 11) is 0. The number of benzene rings is 1. The smallest absolute Gasteiger partial charge is 0.250 e. The van der Waals surface area contributed by atoms with Crippen molar-refractivity contribution >= 4 is 11.6 Å². The molecule has 1 aromatic heterocycles. The van der Waals surface area contributed by atoms with E-state index < -0.39 is 5.82 Å². The van der Waals surface area contributed by atoms with Gasteiger partial charge in [-0.05, 0) is 37.7 Å². The fourth-order valence-electron chi connectivity index (χ4n) is 1.67. The summed E-state index contributed by atoms with van der Waals surface area (Å²) in [4.78, 5) is 0. The molecular weight excluding hydrogens is 269 g/mol. The zero-order valence-electron chi connectivity index (χ0n) is 10.6. The third kappa shape index (κ3) is 3.75. The van der Waals surface area contributed by atoms with Crippen LogP contribution in [0.25, 0.3) is 11.5 Å². The van der Waals surface area contributed by atoms with E-state index in [1.165, 1.54) is 12.1 Å². The van der Waals surface area contributed by atoms with Gasteiger partial charge >= 0.3 is 0 Å². The molecule has 0 saturated carbocycles. The molecule has 6 heteroatoms. The van der Waals surface area contributed by atoms with Crippen LogP contribution >= 0.6 is 11.6 Å². The number of aryl methyl sites for hydroxylation is 1. The highest BCUT2D eigenvalue weighted by atomic mass is 35.5. The largest absolute Gasteiger partial charge is 0.421 e. The molecule has 0 bridgehead atoms. The molecule has 0 atom stereocenters. The normalized spacial score (nSPS) is 10.9. The van der Waals surface area contributed by atoms with Gasteiger partial charge < -0.3 is 9.73 Å². The first kappa shape index (κ1) is 14.0. The summed E-state index contributed by atoms with van der Waals surface area (Å²) >= 11 is 5.69. The summed E-state index contributed by atoms with van der Waals surface area (Å²) in [6.45, 7) is 3.88. The van der Waals surface area contributed by atoms with Gasteiger partial charge in [-0.25, -0.2) is 4.39 Å². The molecule has 0 amide bonds. The molecule has 0 fully saturated rings. The van der Waals surface area contributed by atoms with Crippen LogP contribution in [0.4, 0.5) is 4.39 Å². The van der Waals surface area contributed by atoms with Gasteiger partial charge in [0.2, 0.25) is 5.89 Å². The van der Waals surface area contributed by atoms with Gasteiger partial charge in [-0.2, -0.15) is 0 Å². The van der Waals surface area contributed by atoms with E-state index >= 15 is 0 Å². The SMILES string of the molecule is CCNCCCc1nnc(-c2ccc(Cl)cc2F)o1. The molecule has 0 aliphatic heterocycles. The lowest BCUT2D eigenvalue weighted by molar-refractivity contribution is 0.489. The van der Waals surface area contributed by atoms with E-state index in [-0.39, 0.29) is 11.5 Å². The van der Waals surface area contributed by atoms with Crippen molar-refractivity contribution in [2.75, 3.05) is 13.1 Å². The van der Waals surface area contributed by atoms with Gasteiger partial charge in [0, 0.05) is 11.4 Å². The van der Waals surface area contributed by atoms with Gasteiger partial charge in [0.1, 0.15) is 5.82 Å². The van der Waals surface area contributed by atoms with Gasteiger partial charge in [-0.1, -0.05) is 18.5 Å². The molecule has 102 valence electrons. The van der Waals surface area contributed by atoms with Crippen molar-refractivity contribution in [3.63, 3.8) is 0 Å². The average molecular weight is 284 g/mol. The maximum absolute atomic E-state index is 13.7. The van der Waals surface area contributed by atoms with Crippen LogP contribution in [0.15, 0.2) is 22.6 Å². The molecule has 0 saturated heterocycles. The van der Waals surface area contributed by atoms with Crippen LogP contribution in [0, 0.1) is 5.82 Å². The Balaban J connectivity index is 2.04. The molecule has 1 aromatic carbocycles. The second-order valence-electron chi connectivity index (χ2n) is 4.08. The van der Waals surface area contributed by atoms with Crippen molar-refractivity contribution in [2.45, 2.75) is 19.8 Å². The number of halogens is 2. The highest BCUT2D eigenvalue weighted by Gasteiger charge is 2.13. The monoisotopic (exact) mass is 283 g/mol. The number of nitrogens with zero attached hydrogens (tertiary/aromatic N) is 2. The van der Waals surface area contributed by atoms with Crippen LogP contribution in [-0.4, -0.2) is 23.3 Å². The molecule has 0 spiro atoms. The van der Waals surface area contributed by atoms with Crippen molar-refractivity contribution in [3.8, 4) is 11.5 Å². The molecule has 19 heavy (non-hydrogen) atoms. The highest BCUT2D eigenvalue weighted by Crippen LogP contribution is 2.24. The summed E-state index contributed by atoms with van der Waals surface area (Å²) in [5.74, 6) is 0.241. The number of aromatic nitrogens is 2. The van der Waals surface area contributed by atoms with E-state index in [9.17, 15) is 4.39 Å². The molecule has 4 nitrogen and oxygen atoms in total. The lowest BCUT2D eigenvalue weighted by atomic mass is 10.2. The Morgan fingerprint density at radius 1 is 1.37 bits per heavy atom. The maximum atomic E-state index is 13.7. The Hall–Kier alpha value is -1.46. The van der Waals surface area contributed by atoms with Crippen molar-refractivity contribution in [3.05, 3.63) is 34.9 Å². The molecule has 0 radical (unpaired) electrons. The van der Waals surface area contributed by atoms with Gasteiger partial charge in [0.25, 0.3) is 5.89 Å². The number of hydrogen-bond donors (Lipinski definition) is 1. The van der Waals surface area contributed by atoms with Gasteiger partial charge in [-0.3, -0.25) is 0 Å². The van der Waals surface area contributed by atoms with Crippen LogP contribution < -0.4 is 5.32 Å². The molecular formula is C13H15ClFN3O. The summed E-state index contributed by atoms with van der Waals surface area (Å²) in [5, 5.41) is 11.3. The van der Waals surface area contributed by atoms with Gasteiger partial charge in [0.15, 0.2) is 0 Å². The zero-order chi connectivity index (χ0) is 13.7. The van der Waals surface area contributed by atoms with Crippen molar-refractivity contribution in [1.82, 2.24) is 15.5 Å². The fourth-order valence-corrected chi connectivity index (χ4v) is 1.83. The zero-order valence-corrected chi connectivity index (χ0v) is 11.4. The topological polar surface area (TPSA) is 51.0 Å². The number of nitrogens with one attached hydrogen (secondary N) is 1. The first-order valence-corrected chi connectivity index (χ1v) is 6.57. The Labute approximate surface area is 116 Å². The van der Waals surface area contributed by atoms with E-state index in [1.807, 2.05) is 6.92 Å². The second kappa shape index (κ2) is 6.63. The van der Waals surface area contributed by atoms with Crippen molar-refractivity contribution in [2.24, 2.45) is 0 Å². The standard InChI is InChI=1S/C13H15ClFN3O/c1-2-16-7-3-4-12-17-18-13(19-12)10-6-5-9(14)8-11(10)15/h5-6,8,16H,2-4,7H2,1H3.